The summed E-state index contributed by atoms with van der Waals surface area (Å²) in [6.07, 6.45) is 1.22. The van der Waals surface area contributed by atoms with Gasteiger partial charge in [-0.15, -0.1) is 0 Å². The van der Waals surface area contributed by atoms with Crippen molar-refractivity contribution in [3.05, 3.63) is 0 Å². The van der Waals surface area contributed by atoms with E-state index in [0.29, 0.717) is 18.0 Å². The van der Waals surface area contributed by atoms with Gasteiger partial charge in [-0.3, -0.25) is 9.69 Å². The number of hydrogen-bond acceptors (Lipinski definition) is 2. The quantitative estimate of drug-likeness (QED) is 0.561. The lowest BCUT2D eigenvalue weighted by Gasteiger charge is -2.28. The van der Waals surface area contributed by atoms with Gasteiger partial charge < -0.3 is 5.32 Å². The molecule has 0 unspecified atom stereocenters. The fourth-order valence-electron chi connectivity index (χ4n) is 2.37. The average molecular weight is 168 g/mol. The highest BCUT2D eigenvalue weighted by molar-refractivity contribution is 5.79. The third-order valence-electron chi connectivity index (χ3n) is 2.82. The van der Waals surface area contributed by atoms with Gasteiger partial charge in [0.15, 0.2) is 0 Å². The predicted octanol–water partition coefficient (Wildman–Crippen LogP) is 0.217. The SMILES string of the molecule is CC1(C)C[C@H]2CNC(=O)CN2C1. The molecule has 3 heteroatoms. The van der Waals surface area contributed by atoms with E-state index in [0.717, 1.165) is 13.1 Å². The Morgan fingerprint density at radius 3 is 3.08 bits per heavy atom. The first-order chi connectivity index (χ1) is 5.57. The molecule has 2 fully saturated rings. The minimum absolute atomic E-state index is 0.184. The highest BCUT2D eigenvalue weighted by Crippen LogP contribution is 2.34. The summed E-state index contributed by atoms with van der Waals surface area (Å²) in [6.45, 7) is 7.08. The lowest BCUT2D eigenvalue weighted by molar-refractivity contribution is -0.124. The number of piperazine rings is 1. The highest BCUT2D eigenvalue weighted by atomic mass is 16.2. The smallest absolute Gasteiger partial charge is 0.234 e. The van der Waals surface area contributed by atoms with Crippen LogP contribution in [-0.4, -0.2) is 36.5 Å². The van der Waals surface area contributed by atoms with Crippen LogP contribution in [0.5, 0.6) is 0 Å². The molecule has 2 rings (SSSR count). The zero-order valence-electron chi connectivity index (χ0n) is 7.76. The van der Waals surface area contributed by atoms with E-state index < -0.39 is 0 Å². The van der Waals surface area contributed by atoms with Crippen LogP contribution >= 0.6 is 0 Å². The number of nitrogens with one attached hydrogen (secondary N) is 1. The molecule has 0 aromatic rings. The van der Waals surface area contributed by atoms with Crippen molar-refractivity contribution in [1.82, 2.24) is 10.2 Å². The number of amides is 1. The number of carbonyl (C=O) groups is 1. The number of hydrogen-bond donors (Lipinski definition) is 1. The average Bonchev–Trinajstić information content (AvgIpc) is 2.21. The van der Waals surface area contributed by atoms with Crippen LogP contribution in [0.15, 0.2) is 0 Å². The van der Waals surface area contributed by atoms with Crippen molar-refractivity contribution in [2.24, 2.45) is 5.41 Å². The monoisotopic (exact) mass is 168 g/mol. The van der Waals surface area contributed by atoms with E-state index in [4.69, 9.17) is 0 Å². The van der Waals surface area contributed by atoms with Crippen molar-refractivity contribution in [3.8, 4) is 0 Å². The Bertz CT molecular complexity index is 213. The summed E-state index contributed by atoms with van der Waals surface area (Å²) < 4.78 is 0. The molecule has 0 saturated carbocycles. The Balaban J connectivity index is 2.07. The summed E-state index contributed by atoms with van der Waals surface area (Å²) in [6, 6.07) is 0.595. The highest BCUT2D eigenvalue weighted by Gasteiger charge is 2.40. The van der Waals surface area contributed by atoms with Gasteiger partial charge in [-0.2, -0.15) is 0 Å². The number of nitrogens with zero attached hydrogens (tertiary/aromatic N) is 1. The van der Waals surface area contributed by atoms with E-state index in [-0.39, 0.29) is 5.91 Å². The van der Waals surface area contributed by atoms with E-state index in [1.54, 1.807) is 0 Å². The second-order valence-electron chi connectivity index (χ2n) is 4.73. The third kappa shape index (κ3) is 1.33. The van der Waals surface area contributed by atoms with Crippen molar-refractivity contribution in [2.75, 3.05) is 19.6 Å². The zero-order chi connectivity index (χ0) is 8.77. The first-order valence-electron chi connectivity index (χ1n) is 4.58. The maximum absolute atomic E-state index is 11.1. The van der Waals surface area contributed by atoms with Gasteiger partial charge in [-0.05, 0) is 11.8 Å². The van der Waals surface area contributed by atoms with Crippen LogP contribution in [0.3, 0.4) is 0 Å². The molecule has 2 saturated heterocycles. The van der Waals surface area contributed by atoms with Gasteiger partial charge >= 0.3 is 0 Å². The van der Waals surface area contributed by atoms with Crippen molar-refractivity contribution < 1.29 is 4.79 Å². The van der Waals surface area contributed by atoms with Crippen molar-refractivity contribution in [1.29, 1.82) is 0 Å². The molecule has 68 valence electrons. The molecule has 12 heavy (non-hydrogen) atoms. The van der Waals surface area contributed by atoms with Gasteiger partial charge in [0.25, 0.3) is 0 Å². The van der Waals surface area contributed by atoms with Gasteiger partial charge in [0.05, 0.1) is 6.54 Å². The first-order valence-corrected chi connectivity index (χ1v) is 4.58. The van der Waals surface area contributed by atoms with E-state index in [1.165, 1.54) is 6.42 Å². The molecule has 1 N–H and O–H groups in total. The molecule has 0 spiro atoms. The van der Waals surface area contributed by atoms with Crippen LogP contribution in [0.2, 0.25) is 0 Å². The summed E-state index contributed by atoms with van der Waals surface area (Å²) in [5.41, 5.74) is 0.400. The molecule has 1 amide bonds. The lowest BCUT2D eigenvalue weighted by Crippen LogP contribution is -2.51. The molecule has 3 nitrogen and oxygen atoms in total. The summed E-state index contributed by atoms with van der Waals surface area (Å²) in [5, 5.41) is 2.91. The summed E-state index contributed by atoms with van der Waals surface area (Å²) in [4.78, 5) is 13.4. The zero-order valence-corrected chi connectivity index (χ0v) is 7.76. The Kier molecular flexibility index (Phi) is 1.65. The van der Waals surface area contributed by atoms with Gasteiger partial charge in [0.2, 0.25) is 5.91 Å². The lowest BCUT2D eigenvalue weighted by atomic mass is 9.91. The van der Waals surface area contributed by atoms with Crippen LogP contribution in [0, 0.1) is 5.41 Å². The molecule has 0 aromatic heterocycles. The molecule has 0 bridgehead atoms. The topological polar surface area (TPSA) is 32.3 Å². The Labute approximate surface area is 73.1 Å². The summed E-state index contributed by atoms with van der Waals surface area (Å²) in [7, 11) is 0. The van der Waals surface area contributed by atoms with Crippen molar-refractivity contribution >= 4 is 5.91 Å². The van der Waals surface area contributed by atoms with E-state index in [9.17, 15) is 4.79 Å². The van der Waals surface area contributed by atoms with Crippen LogP contribution in [0.1, 0.15) is 20.3 Å². The second kappa shape index (κ2) is 2.46. The minimum Gasteiger partial charge on any atom is -0.353 e. The largest absolute Gasteiger partial charge is 0.353 e. The summed E-state index contributed by atoms with van der Waals surface area (Å²) in [5.74, 6) is 0.184. The van der Waals surface area contributed by atoms with Crippen molar-refractivity contribution in [2.45, 2.75) is 26.3 Å². The Hall–Kier alpha value is -0.570. The molecule has 0 radical (unpaired) electrons. The molecular weight excluding hydrogens is 152 g/mol. The Morgan fingerprint density at radius 1 is 1.58 bits per heavy atom. The molecule has 0 aromatic carbocycles. The number of rotatable bonds is 0. The van der Waals surface area contributed by atoms with Crippen molar-refractivity contribution in [3.63, 3.8) is 0 Å². The van der Waals surface area contributed by atoms with E-state index >= 15 is 0 Å². The van der Waals surface area contributed by atoms with Crippen LogP contribution in [0.25, 0.3) is 0 Å². The van der Waals surface area contributed by atoms with Crippen LogP contribution in [-0.2, 0) is 4.79 Å². The number of carbonyl (C=O) groups excluding carboxylic acids is 1. The number of fused-ring (bicyclic) bond motifs is 1. The minimum atomic E-state index is 0.184. The molecule has 0 aliphatic carbocycles. The summed E-state index contributed by atoms with van der Waals surface area (Å²) >= 11 is 0. The van der Waals surface area contributed by atoms with Crippen LogP contribution < -0.4 is 5.32 Å². The maximum atomic E-state index is 11.1. The molecule has 1 atom stereocenters. The molecular formula is C9H16N2O. The molecule has 2 aliphatic heterocycles. The normalized spacial score (nSPS) is 34.5. The first kappa shape index (κ1) is 8.05. The third-order valence-corrected chi connectivity index (χ3v) is 2.82. The molecule has 2 heterocycles. The van der Waals surface area contributed by atoms with E-state index in [1.807, 2.05) is 0 Å². The van der Waals surface area contributed by atoms with Gasteiger partial charge in [0, 0.05) is 19.1 Å². The Morgan fingerprint density at radius 2 is 2.33 bits per heavy atom. The van der Waals surface area contributed by atoms with Gasteiger partial charge in [0.1, 0.15) is 0 Å². The standard InChI is InChI=1S/C9H16N2O/c1-9(2)3-7-4-10-8(12)5-11(7)6-9/h7H,3-6H2,1-2H3,(H,10,12)/t7-/m0/s1. The maximum Gasteiger partial charge on any atom is 0.234 e. The fraction of sp³-hybridized carbons (Fsp3) is 0.889. The predicted molar refractivity (Wildman–Crippen MR) is 46.8 cm³/mol. The second-order valence-corrected chi connectivity index (χ2v) is 4.73. The van der Waals surface area contributed by atoms with Gasteiger partial charge in [-0.1, -0.05) is 13.8 Å². The van der Waals surface area contributed by atoms with E-state index in [2.05, 4.69) is 24.1 Å². The fourth-order valence-corrected chi connectivity index (χ4v) is 2.37. The molecule has 2 aliphatic rings. The van der Waals surface area contributed by atoms with Gasteiger partial charge in [-0.25, -0.2) is 0 Å². The van der Waals surface area contributed by atoms with Crippen LogP contribution in [0.4, 0.5) is 0 Å².